The molecule has 26 heavy (non-hydrogen) atoms. The maximum Gasteiger partial charge on any atom is 0.254 e. The van der Waals surface area contributed by atoms with E-state index in [0.29, 0.717) is 17.4 Å². The molecular formula is C17H12F3N3O3. The van der Waals surface area contributed by atoms with Crippen molar-refractivity contribution >= 4 is 5.91 Å². The largest absolute Gasteiger partial charge is 0.497 e. The molecule has 2 aromatic carbocycles. The topological polar surface area (TPSA) is 77.3 Å². The normalized spacial score (nSPS) is 10.6. The Morgan fingerprint density at radius 3 is 2.50 bits per heavy atom. The number of hydrogen-bond acceptors (Lipinski definition) is 5. The van der Waals surface area contributed by atoms with E-state index in [9.17, 15) is 18.0 Å². The molecule has 0 bridgehead atoms. The van der Waals surface area contributed by atoms with E-state index in [4.69, 9.17) is 9.15 Å². The van der Waals surface area contributed by atoms with Crippen LogP contribution >= 0.6 is 0 Å². The first kappa shape index (κ1) is 17.5. The van der Waals surface area contributed by atoms with Gasteiger partial charge in [0, 0.05) is 5.56 Å². The Balaban J connectivity index is 1.68. The summed E-state index contributed by atoms with van der Waals surface area (Å²) in [6.45, 7) is -0.208. The van der Waals surface area contributed by atoms with Crippen molar-refractivity contribution in [2.75, 3.05) is 7.11 Å². The van der Waals surface area contributed by atoms with Gasteiger partial charge in [0.1, 0.15) is 5.75 Å². The minimum atomic E-state index is -1.71. The van der Waals surface area contributed by atoms with Crippen LogP contribution in [0, 0.1) is 17.5 Å². The number of halogens is 3. The number of amides is 1. The molecule has 9 heteroatoms. The van der Waals surface area contributed by atoms with Gasteiger partial charge in [-0.15, -0.1) is 10.2 Å². The molecule has 1 aromatic heterocycles. The van der Waals surface area contributed by atoms with Crippen LogP contribution in [0.15, 0.2) is 40.8 Å². The monoisotopic (exact) mass is 363 g/mol. The highest BCUT2D eigenvalue weighted by Crippen LogP contribution is 2.21. The second-order valence-electron chi connectivity index (χ2n) is 5.14. The number of methoxy groups -OCH3 is 1. The molecule has 0 radical (unpaired) electrons. The molecule has 1 amide bonds. The first-order valence-electron chi connectivity index (χ1n) is 7.38. The zero-order valence-electron chi connectivity index (χ0n) is 13.4. The maximum atomic E-state index is 13.6. The molecule has 134 valence electrons. The zero-order chi connectivity index (χ0) is 18.7. The summed E-state index contributed by atoms with van der Waals surface area (Å²) in [5.74, 6) is -4.65. The fourth-order valence-electron chi connectivity index (χ4n) is 2.13. The van der Waals surface area contributed by atoms with Gasteiger partial charge in [0.25, 0.3) is 5.91 Å². The van der Waals surface area contributed by atoms with Crippen LogP contribution in [0.2, 0.25) is 0 Å². The number of nitrogens with zero attached hydrogens (tertiary/aromatic N) is 2. The molecule has 0 fully saturated rings. The molecule has 1 heterocycles. The minimum Gasteiger partial charge on any atom is -0.497 e. The Hall–Kier alpha value is -3.36. The van der Waals surface area contributed by atoms with Crippen molar-refractivity contribution in [3.8, 4) is 17.2 Å². The molecule has 0 saturated carbocycles. The SMILES string of the molecule is COc1ccc(-c2nnc(CNC(=O)c3ccc(F)c(F)c3F)o2)cc1. The van der Waals surface area contributed by atoms with Crippen molar-refractivity contribution in [2.45, 2.75) is 6.54 Å². The van der Waals surface area contributed by atoms with Crippen LogP contribution in [0.25, 0.3) is 11.5 Å². The van der Waals surface area contributed by atoms with E-state index in [0.717, 1.165) is 6.07 Å². The molecule has 0 aliphatic heterocycles. The summed E-state index contributed by atoms with van der Waals surface area (Å²) in [5, 5.41) is 9.91. The Bertz CT molecular complexity index is 942. The lowest BCUT2D eigenvalue weighted by Gasteiger charge is -2.05. The van der Waals surface area contributed by atoms with Gasteiger partial charge in [-0.25, -0.2) is 13.2 Å². The van der Waals surface area contributed by atoms with Crippen molar-refractivity contribution in [1.82, 2.24) is 15.5 Å². The average molecular weight is 363 g/mol. The fraction of sp³-hybridized carbons (Fsp3) is 0.118. The summed E-state index contributed by atoms with van der Waals surface area (Å²) in [6.07, 6.45) is 0. The molecule has 0 unspecified atom stereocenters. The summed E-state index contributed by atoms with van der Waals surface area (Å²) < 4.78 is 50.1. The molecule has 0 aliphatic carbocycles. The van der Waals surface area contributed by atoms with Gasteiger partial charge in [0.2, 0.25) is 11.8 Å². The number of rotatable bonds is 5. The molecule has 3 aromatic rings. The highest BCUT2D eigenvalue weighted by molar-refractivity contribution is 5.94. The molecule has 0 spiro atoms. The lowest BCUT2D eigenvalue weighted by molar-refractivity contribution is 0.0942. The second kappa shape index (κ2) is 7.26. The van der Waals surface area contributed by atoms with E-state index in [1.807, 2.05) is 0 Å². The minimum absolute atomic E-state index is 0.0622. The third kappa shape index (κ3) is 3.51. The second-order valence-corrected chi connectivity index (χ2v) is 5.14. The van der Waals surface area contributed by atoms with Gasteiger partial charge >= 0.3 is 0 Å². The van der Waals surface area contributed by atoms with Gasteiger partial charge < -0.3 is 14.5 Å². The third-order valence-corrected chi connectivity index (χ3v) is 3.48. The zero-order valence-corrected chi connectivity index (χ0v) is 13.4. The van der Waals surface area contributed by atoms with Gasteiger partial charge in [0.15, 0.2) is 17.5 Å². The van der Waals surface area contributed by atoms with Crippen molar-refractivity contribution in [3.63, 3.8) is 0 Å². The average Bonchev–Trinajstić information content (AvgIpc) is 3.13. The highest BCUT2D eigenvalue weighted by atomic mass is 19.2. The van der Waals surface area contributed by atoms with Crippen LogP contribution in [-0.2, 0) is 6.54 Å². The fourth-order valence-corrected chi connectivity index (χ4v) is 2.13. The van der Waals surface area contributed by atoms with Crippen LogP contribution in [0.1, 0.15) is 16.2 Å². The predicted octanol–water partition coefficient (Wildman–Crippen LogP) is 3.09. The van der Waals surface area contributed by atoms with Gasteiger partial charge in [-0.3, -0.25) is 4.79 Å². The number of carbonyl (C=O) groups excluding carboxylic acids is 1. The van der Waals surface area contributed by atoms with Crippen LogP contribution in [0.3, 0.4) is 0 Å². The maximum absolute atomic E-state index is 13.6. The summed E-state index contributed by atoms with van der Waals surface area (Å²) in [4.78, 5) is 11.9. The highest BCUT2D eigenvalue weighted by Gasteiger charge is 2.19. The summed E-state index contributed by atoms with van der Waals surface area (Å²) in [5.41, 5.74) is 0.0151. The number of nitrogens with one attached hydrogen (secondary N) is 1. The van der Waals surface area contributed by atoms with E-state index in [-0.39, 0.29) is 18.3 Å². The molecular weight excluding hydrogens is 351 g/mol. The molecule has 6 nitrogen and oxygen atoms in total. The van der Waals surface area contributed by atoms with Gasteiger partial charge in [-0.05, 0) is 36.4 Å². The van der Waals surface area contributed by atoms with Crippen LogP contribution < -0.4 is 10.1 Å². The quantitative estimate of drug-likeness (QED) is 0.705. The Morgan fingerprint density at radius 1 is 1.08 bits per heavy atom. The number of benzene rings is 2. The first-order valence-corrected chi connectivity index (χ1v) is 7.38. The Morgan fingerprint density at radius 2 is 1.81 bits per heavy atom. The Kier molecular flexibility index (Phi) is 4.87. The summed E-state index contributed by atoms with van der Waals surface area (Å²) >= 11 is 0. The van der Waals surface area contributed by atoms with Crippen molar-refractivity contribution in [1.29, 1.82) is 0 Å². The van der Waals surface area contributed by atoms with Crippen LogP contribution in [-0.4, -0.2) is 23.2 Å². The third-order valence-electron chi connectivity index (χ3n) is 3.48. The number of aromatic nitrogens is 2. The van der Waals surface area contributed by atoms with Gasteiger partial charge in [-0.1, -0.05) is 0 Å². The van der Waals surface area contributed by atoms with E-state index in [1.165, 1.54) is 7.11 Å². The smallest absolute Gasteiger partial charge is 0.254 e. The lowest BCUT2D eigenvalue weighted by atomic mass is 10.2. The van der Waals surface area contributed by atoms with E-state index < -0.39 is 28.9 Å². The van der Waals surface area contributed by atoms with Crippen LogP contribution in [0.5, 0.6) is 5.75 Å². The number of carbonyl (C=O) groups is 1. The molecule has 1 N–H and O–H groups in total. The van der Waals surface area contributed by atoms with E-state index in [2.05, 4.69) is 15.5 Å². The molecule has 3 rings (SSSR count). The van der Waals surface area contributed by atoms with Gasteiger partial charge in [0.05, 0.1) is 19.2 Å². The summed E-state index contributed by atoms with van der Waals surface area (Å²) in [7, 11) is 1.54. The van der Waals surface area contributed by atoms with E-state index >= 15 is 0 Å². The Labute approximate surface area is 145 Å². The van der Waals surface area contributed by atoms with Gasteiger partial charge in [-0.2, -0.15) is 0 Å². The molecule has 0 aliphatic rings. The van der Waals surface area contributed by atoms with Crippen molar-refractivity contribution in [3.05, 3.63) is 65.3 Å². The molecule has 0 saturated heterocycles. The summed E-state index contributed by atoms with van der Waals surface area (Å²) in [6, 6.07) is 8.37. The van der Waals surface area contributed by atoms with Crippen molar-refractivity contribution in [2.24, 2.45) is 0 Å². The van der Waals surface area contributed by atoms with E-state index in [1.54, 1.807) is 24.3 Å². The van der Waals surface area contributed by atoms with Crippen LogP contribution in [0.4, 0.5) is 13.2 Å². The predicted molar refractivity (Wildman–Crippen MR) is 83.8 cm³/mol. The molecule has 0 atom stereocenters. The first-order chi connectivity index (χ1) is 12.5. The van der Waals surface area contributed by atoms with Crippen molar-refractivity contribution < 1.29 is 27.1 Å². The lowest BCUT2D eigenvalue weighted by Crippen LogP contribution is -2.24. The standard InChI is InChI=1S/C17H12F3N3O3/c1-25-10-4-2-9(3-5-10)17-23-22-13(26-17)8-21-16(24)11-6-7-12(18)15(20)14(11)19/h2-7H,8H2,1H3,(H,21,24). The number of hydrogen-bond donors (Lipinski definition) is 1. The number of ether oxygens (including phenoxy) is 1.